The van der Waals surface area contributed by atoms with Crippen molar-refractivity contribution >= 4 is 44.3 Å². The van der Waals surface area contributed by atoms with Crippen LogP contribution in [0.25, 0.3) is 49.7 Å². The molecule has 3 nitrogen and oxygen atoms in total. The molecular formula is C26H16ClN3. The van der Waals surface area contributed by atoms with Gasteiger partial charge in [-0.2, -0.15) is 0 Å². The summed E-state index contributed by atoms with van der Waals surface area (Å²) >= 11 is 6.19. The summed E-state index contributed by atoms with van der Waals surface area (Å²) in [6.07, 6.45) is 0. The van der Waals surface area contributed by atoms with Crippen LogP contribution in [-0.4, -0.2) is 14.5 Å². The molecule has 0 radical (unpaired) electrons. The molecule has 2 heterocycles. The van der Waals surface area contributed by atoms with Crippen LogP contribution in [0.4, 0.5) is 0 Å². The Morgan fingerprint density at radius 3 is 1.80 bits per heavy atom. The van der Waals surface area contributed by atoms with Gasteiger partial charge in [-0.25, -0.2) is 9.97 Å². The maximum atomic E-state index is 6.19. The van der Waals surface area contributed by atoms with E-state index in [4.69, 9.17) is 11.6 Å². The van der Waals surface area contributed by atoms with Gasteiger partial charge in [0.1, 0.15) is 0 Å². The van der Waals surface area contributed by atoms with E-state index < -0.39 is 0 Å². The molecule has 4 heteroatoms. The zero-order valence-corrected chi connectivity index (χ0v) is 16.7. The SMILES string of the molecule is Clc1nc(-c2ccc(-n3c4ccccc4c4ccccc43)cc2)c2ccccc2n1. The molecular weight excluding hydrogens is 390 g/mol. The van der Waals surface area contributed by atoms with Gasteiger partial charge in [-0.05, 0) is 41.9 Å². The fourth-order valence-corrected chi connectivity index (χ4v) is 4.41. The highest BCUT2D eigenvalue weighted by molar-refractivity contribution is 6.28. The molecule has 0 N–H and O–H groups in total. The molecule has 4 aromatic carbocycles. The predicted molar refractivity (Wildman–Crippen MR) is 124 cm³/mol. The smallest absolute Gasteiger partial charge is 0.223 e. The van der Waals surface area contributed by atoms with Crippen molar-refractivity contribution in [1.82, 2.24) is 14.5 Å². The predicted octanol–water partition coefficient (Wildman–Crippen LogP) is 7.05. The van der Waals surface area contributed by atoms with E-state index in [0.717, 1.165) is 27.8 Å². The minimum atomic E-state index is 0.259. The van der Waals surface area contributed by atoms with Crippen LogP contribution in [0.5, 0.6) is 0 Å². The van der Waals surface area contributed by atoms with E-state index in [0.29, 0.717) is 0 Å². The number of rotatable bonds is 2. The van der Waals surface area contributed by atoms with Gasteiger partial charge in [0.05, 0.1) is 22.2 Å². The van der Waals surface area contributed by atoms with Crippen molar-refractivity contribution in [1.29, 1.82) is 0 Å². The third-order valence-electron chi connectivity index (χ3n) is 5.55. The standard InChI is InChI=1S/C26H16ClN3/c27-26-28-22-10-4-1-9-21(22)25(29-26)17-13-15-18(16-14-17)30-23-11-5-2-7-19(23)20-8-3-6-12-24(20)30/h1-16H. The van der Waals surface area contributed by atoms with Crippen LogP contribution >= 0.6 is 11.6 Å². The Morgan fingerprint density at radius 2 is 1.13 bits per heavy atom. The highest BCUT2D eigenvalue weighted by Crippen LogP contribution is 2.33. The molecule has 0 bridgehead atoms. The van der Waals surface area contributed by atoms with Crippen molar-refractivity contribution in [3.05, 3.63) is 102 Å². The second kappa shape index (κ2) is 6.68. The van der Waals surface area contributed by atoms with Crippen LogP contribution in [-0.2, 0) is 0 Å². The molecule has 0 aliphatic rings. The maximum absolute atomic E-state index is 6.19. The Bertz CT molecular complexity index is 1500. The number of fused-ring (bicyclic) bond motifs is 4. The van der Waals surface area contributed by atoms with Crippen molar-refractivity contribution in [2.24, 2.45) is 0 Å². The van der Waals surface area contributed by atoms with Gasteiger partial charge in [0, 0.05) is 27.4 Å². The number of hydrogen-bond donors (Lipinski definition) is 0. The van der Waals surface area contributed by atoms with Crippen LogP contribution in [0.2, 0.25) is 5.28 Å². The molecule has 0 spiro atoms. The van der Waals surface area contributed by atoms with Crippen molar-refractivity contribution in [2.45, 2.75) is 0 Å². The summed E-state index contributed by atoms with van der Waals surface area (Å²) in [5.74, 6) is 0. The number of halogens is 1. The largest absolute Gasteiger partial charge is 0.309 e. The highest BCUT2D eigenvalue weighted by atomic mass is 35.5. The first-order chi connectivity index (χ1) is 14.8. The van der Waals surface area contributed by atoms with Gasteiger partial charge in [-0.15, -0.1) is 0 Å². The summed E-state index contributed by atoms with van der Waals surface area (Å²) in [5.41, 5.74) is 6.21. The van der Waals surface area contributed by atoms with Gasteiger partial charge < -0.3 is 4.57 Å². The number of benzene rings is 4. The zero-order valence-electron chi connectivity index (χ0n) is 16.0. The van der Waals surface area contributed by atoms with Gasteiger partial charge >= 0.3 is 0 Å². The first-order valence-electron chi connectivity index (χ1n) is 9.81. The van der Waals surface area contributed by atoms with E-state index in [2.05, 4.69) is 87.3 Å². The Hall–Kier alpha value is -3.69. The molecule has 0 aliphatic heterocycles. The van der Waals surface area contributed by atoms with Crippen LogP contribution in [0.1, 0.15) is 0 Å². The summed E-state index contributed by atoms with van der Waals surface area (Å²) in [4.78, 5) is 8.85. The van der Waals surface area contributed by atoms with Crippen LogP contribution < -0.4 is 0 Å². The molecule has 0 atom stereocenters. The zero-order chi connectivity index (χ0) is 20.1. The molecule has 0 saturated heterocycles. The maximum Gasteiger partial charge on any atom is 0.223 e. The topological polar surface area (TPSA) is 30.7 Å². The Morgan fingerprint density at radius 1 is 0.567 bits per heavy atom. The fourth-order valence-electron chi connectivity index (χ4n) is 4.24. The summed E-state index contributed by atoms with van der Waals surface area (Å²) in [6, 6.07) is 33.5. The van der Waals surface area contributed by atoms with Crippen LogP contribution in [0, 0.1) is 0 Å². The first-order valence-corrected chi connectivity index (χ1v) is 10.2. The molecule has 0 amide bonds. The second-order valence-electron chi connectivity index (χ2n) is 7.27. The summed E-state index contributed by atoms with van der Waals surface area (Å²) in [5, 5.41) is 3.76. The van der Waals surface area contributed by atoms with Gasteiger partial charge in [0.2, 0.25) is 5.28 Å². The fraction of sp³-hybridized carbons (Fsp3) is 0. The Kier molecular flexibility index (Phi) is 3.83. The van der Waals surface area contributed by atoms with Gasteiger partial charge in [-0.1, -0.05) is 66.7 Å². The molecule has 0 unspecified atom stereocenters. The average Bonchev–Trinajstić information content (AvgIpc) is 3.13. The monoisotopic (exact) mass is 405 g/mol. The summed E-state index contributed by atoms with van der Waals surface area (Å²) in [7, 11) is 0. The van der Waals surface area contributed by atoms with Gasteiger partial charge in [-0.3, -0.25) is 0 Å². The number of para-hydroxylation sites is 3. The lowest BCUT2D eigenvalue weighted by Gasteiger charge is -2.10. The third kappa shape index (κ3) is 2.60. The molecule has 6 aromatic rings. The quantitative estimate of drug-likeness (QED) is 0.289. The number of hydrogen-bond acceptors (Lipinski definition) is 2. The van der Waals surface area contributed by atoms with Crippen molar-refractivity contribution in [3.63, 3.8) is 0 Å². The van der Waals surface area contributed by atoms with Crippen molar-refractivity contribution in [2.75, 3.05) is 0 Å². The third-order valence-corrected chi connectivity index (χ3v) is 5.72. The van der Waals surface area contributed by atoms with Crippen LogP contribution in [0.3, 0.4) is 0 Å². The minimum absolute atomic E-state index is 0.259. The average molecular weight is 406 g/mol. The van der Waals surface area contributed by atoms with Gasteiger partial charge in [0.15, 0.2) is 0 Å². The number of nitrogens with zero attached hydrogens (tertiary/aromatic N) is 3. The van der Waals surface area contributed by atoms with Gasteiger partial charge in [0.25, 0.3) is 0 Å². The lowest BCUT2D eigenvalue weighted by atomic mass is 10.1. The molecule has 0 saturated carbocycles. The van der Waals surface area contributed by atoms with E-state index in [1.54, 1.807) is 0 Å². The van der Waals surface area contributed by atoms with E-state index in [-0.39, 0.29) is 5.28 Å². The van der Waals surface area contributed by atoms with E-state index in [1.807, 2.05) is 24.3 Å². The van der Waals surface area contributed by atoms with Crippen LogP contribution in [0.15, 0.2) is 97.1 Å². The number of aromatic nitrogens is 3. The second-order valence-corrected chi connectivity index (χ2v) is 7.61. The van der Waals surface area contributed by atoms with E-state index in [9.17, 15) is 0 Å². The first kappa shape index (κ1) is 17.2. The molecule has 30 heavy (non-hydrogen) atoms. The van der Waals surface area contributed by atoms with Crippen molar-refractivity contribution < 1.29 is 0 Å². The van der Waals surface area contributed by atoms with E-state index in [1.165, 1.54) is 21.8 Å². The Labute approximate surface area is 178 Å². The summed E-state index contributed by atoms with van der Waals surface area (Å²) in [6.45, 7) is 0. The molecule has 6 rings (SSSR count). The normalized spacial score (nSPS) is 11.5. The highest BCUT2D eigenvalue weighted by Gasteiger charge is 2.13. The minimum Gasteiger partial charge on any atom is -0.309 e. The molecule has 0 aliphatic carbocycles. The lowest BCUT2D eigenvalue weighted by molar-refractivity contribution is 1.18. The lowest BCUT2D eigenvalue weighted by Crippen LogP contribution is -1.95. The van der Waals surface area contributed by atoms with Crippen molar-refractivity contribution in [3.8, 4) is 16.9 Å². The summed E-state index contributed by atoms with van der Waals surface area (Å²) < 4.78 is 2.31. The molecule has 2 aromatic heterocycles. The molecule has 142 valence electrons. The Balaban J connectivity index is 1.55. The molecule has 0 fully saturated rings. The van der Waals surface area contributed by atoms with E-state index >= 15 is 0 Å².